The fourth-order valence-corrected chi connectivity index (χ4v) is 2.16. The van der Waals surface area contributed by atoms with Gasteiger partial charge in [-0.3, -0.25) is 14.9 Å². The van der Waals surface area contributed by atoms with E-state index in [-0.39, 0.29) is 11.3 Å². The summed E-state index contributed by atoms with van der Waals surface area (Å²) in [7, 11) is 0. The molecule has 0 radical (unpaired) electrons. The third-order valence-corrected chi connectivity index (χ3v) is 3.26. The first-order valence-electron chi connectivity index (χ1n) is 5.80. The van der Waals surface area contributed by atoms with Crippen LogP contribution in [0.3, 0.4) is 0 Å². The van der Waals surface area contributed by atoms with Gasteiger partial charge in [-0.1, -0.05) is 0 Å². The van der Waals surface area contributed by atoms with Crippen LogP contribution in [0.25, 0.3) is 6.08 Å². The number of benzene rings is 1. The van der Waals surface area contributed by atoms with Crippen LogP contribution in [0.15, 0.2) is 46.7 Å². The topological polar surface area (TPSA) is 96.0 Å². The van der Waals surface area contributed by atoms with Gasteiger partial charge in [-0.15, -0.1) is 0 Å². The lowest BCUT2D eigenvalue weighted by atomic mass is 10.2. The summed E-state index contributed by atoms with van der Waals surface area (Å²) in [5.74, 6) is -0.558. The van der Waals surface area contributed by atoms with Crippen LogP contribution in [0, 0.1) is 21.4 Å². The van der Waals surface area contributed by atoms with Gasteiger partial charge in [0.2, 0.25) is 0 Å². The smallest absolute Gasteiger partial charge is 0.269 e. The molecule has 0 atom stereocenters. The summed E-state index contributed by atoms with van der Waals surface area (Å²) >= 11 is 1.46. The van der Waals surface area contributed by atoms with E-state index in [1.54, 1.807) is 6.07 Å². The average Bonchev–Trinajstić information content (AvgIpc) is 2.98. The van der Waals surface area contributed by atoms with Gasteiger partial charge >= 0.3 is 0 Å². The summed E-state index contributed by atoms with van der Waals surface area (Å²) in [5.41, 5.74) is 1.06. The summed E-state index contributed by atoms with van der Waals surface area (Å²) in [4.78, 5) is 22.0. The first-order chi connectivity index (χ1) is 10.1. The van der Waals surface area contributed by atoms with Gasteiger partial charge in [-0.25, -0.2) is 0 Å². The van der Waals surface area contributed by atoms with E-state index in [0.29, 0.717) is 5.69 Å². The molecule has 0 aliphatic rings. The third kappa shape index (κ3) is 3.75. The first kappa shape index (κ1) is 14.4. The molecule has 7 heteroatoms. The van der Waals surface area contributed by atoms with Crippen molar-refractivity contribution in [2.45, 2.75) is 0 Å². The molecular weight excluding hydrogens is 290 g/mol. The van der Waals surface area contributed by atoms with E-state index < -0.39 is 10.8 Å². The van der Waals surface area contributed by atoms with Crippen LogP contribution >= 0.6 is 11.3 Å². The lowest BCUT2D eigenvalue weighted by molar-refractivity contribution is -0.384. The minimum absolute atomic E-state index is 0.0354. The van der Waals surface area contributed by atoms with Gasteiger partial charge < -0.3 is 5.32 Å². The fourth-order valence-electron chi connectivity index (χ4n) is 1.54. The Labute approximate surface area is 124 Å². The van der Waals surface area contributed by atoms with Crippen molar-refractivity contribution in [1.29, 1.82) is 5.26 Å². The van der Waals surface area contributed by atoms with Crippen LogP contribution in [-0.4, -0.2) is 10.8 Å². The molecule has 0 bridgehead atoms. The van der Waals surface area contributed by atoms with Crippen LogP contribution in [-0.2, 0) is 4.79 Å². The molecule has 0 saturated carbocycles. The van der Waals surface area contributed by atoms with Crippen molar-refractivity contribution in [2.75, 3.05) is 5.32 Å². The molecule has 1 aromatic carbocycles. The van der Waals surface area contributed by atoms with E-state index >= 15 is 0 Å². The number of nitrogens with one attached hydrogen (secondary N) is 1. The van der Waals surface area contributed by atoms with Gasteiger partial charge in [0.25, 0.3) is 11.6 Å². The van der Waals surface area contributed by atoms with Crippen LogP contribution < -0.4 is 5.32 Å². The second kappa shape index (κ2) is 6.45. The molecule has 0 saturated heterocycles. The highest BCUT2D eigenvalue weighted by Gasteiger charge is 2.11. The molecule has 1 N–H and O–H groups in total. The molecule has 21 heavy (non-hydrogen) atoms. The van der Waals surface area contributed by atoms with E-state index in [4.69, 9.17) is 5.26 Å². The largest absolute Gasteiger partial charge is 0.321 e. The molecule has 6 nitrogen and oxygen atoms in total. The Balaban J connectivity index is 2.13. The third-order valence-electron chi connectivity index (χ3n) is 2.56. The van der Waals surface area contributed by atoms with Gasteiger partial charge in [0, 0.05) is 17.8 Å². The van der Waals surface area contributed by atoms with Gasteiger partial charge in [-0.2, -0.15) is 16.6 Å². The zero-order chi connectivity index (χ0) is 15.2. The van der Waals surface area contributed by atoms with E-state index in [9.17, 15) is 14.9 Å². The van der Waals surface area contributed by atoms with Crippen LogP contribution in [0.2, 0.25) is 0 Å². The predicted octanol–water partition coefficient (Wildman–Crippen LogP) is 3.20. The average molecular weight is 299 g/mol. The van der Waals surface area contributed by atoms with Crippen molar-refractivity contribution in [1.82, 2.24) is 0 Å². The molecule has 0 aliphatic heterocycles. The molecule has 0 spiro atoms. The van der Waals surface area contributed by atoms with Crippen molar-refractivity contribution in [2.24, 2.45) is 0 Å². The molecule has 1 aromatic heterocycles. The van der Waals surface area contributed by atoms with E-state index in [2.05, 4.69) is 5.32 Å². The number of amides is 1. The van der Waals surface area contributed by atoms with Gasteiger partial charge in [0.05, 0.1) is 4.92 Å². The van der Waals surface area contributed by atoms with Gasteiger partial charge in [0.15, 0.2) is 0 Å². The second-order valence-electron chi connectivity index (χ2n) is 3.98. The Morgan fingerprint density at radius 3 is 2.57 bits per heavy atom. The first-order valence-corrected chi connectivity index (χ1v) is 6.74. The lowest BCUT2D eigenvalue weighted by Gasteiger charge is -2.03. The number of hydrogen-bond donors (Lipinski definition) is 1. The molecule has 0 unspecified atom stereocenters. The van der Waals surface area contributed by atoms with Gasteiger partial charge in [0.1, 0.15) is 11.6 Å². The second-order valence-corrected chi connectivity index (χ2v) is 4.76. The van der Waals surface area contributed by atoms with Crippen LogP contribution in [0.4, 0.5) is 11.4 Å². The zero-order valence-electron chi connectivity index (χ0n) is 10.6. The van der Waals surface area contributed by atoms with Crippen molar-refractivity contribution in [3.05, 3.63) is 62.3 Å². The quantitative estimate of drug-likeness (QED) is 0.406. The fraction of sp³-hybridized carbons (Fsp3) is 0. The van der Waals surface area contributed by atoms with Crippen LogP contribution in [0.1, 0.15) is 5.56 Å². The number of carbonyl (C=O) groups is 1. The van der Waals surface area contributed by atoms with Crippen molar-refractivity contribution in [3.8, 4) is 6.07 Å². The summed E-state index contributed by atoms with van der Waals surface area (Å²) in [6.45, 7) is 0. The summed E-state index contributed by atoms with van der Waals surface area (Å²) < 4.78 is 0. The van der Waals surface area contributed by atoms with Crippen LogP contribution in [0.5, 0.6) is 0 Å². The number of thiophene rings is 1. The molecule has 0 aliphatic carbocycles. The number of rotatable bonds is 4. The maximum absolute atomic E-state index is 12.0. The maximum atomic E-state index is 12.0. The van der Waals surface area contributed by atoms with E-state index in [1.807, 2.05) is 16.8 Å². The number of hydrogen-bond acceptors (Lipinski definition) is 5. The number of nitro groups is 1. The minimum atomic E-state index is -0.558. The highest BCUT2D eigenvalue weighted by atomic mass is 32.1. The summed E-state index contributed by atoms with van der Waals surface area (Å²) in [6.07, 6.45) is 1.48. The maximum Gasteiger partial charge on any atom is 0.269 e. The highest BCUT2D eigenvalue weighted by Crippen LogP contribution is 2.17. The Kier molecular flexibility index (Phi) is 4.43. The molecule has 1 amide bonds. The summed E-state index contributed by atoms with van der Waals surface area (Å²) in [6, 6.07) is 9.02. The minimum Gasteiger partial charge on any atom is -0.321 e. The van der Waals surface area contributed by atoms with Crippen molar-refractivity contribution in [3.63, 3.8) is 0 Å². The standard InChI is InChI=1S/C14H9N3O3S/c15-8-11(7-10-5-6-21-9-10)14(18)16-12-1-3-13(4-2-12)17(19)20/h1-7,9H,(H,16,18). The Morgan fingerprint density at radius 2 is 2.05 bits per heavy atom. The molecule has 0 fully saturated rings. The normalized spacial score (nSPS) is 10.7. The number of carbonyl (C=O) groups excluding carboxylic acids is 1. The number of non-ortho nitro benzene ring substituents is 1. The zero-order valence-corrected chi connectivity index (χ0v) is 11.5. The van der Waals surface area contributed by atoms with E-state index in [0.717, 1.165) is 5.56 Å². The van der Waals surface area contributed by atoms with Crippen molar-refractivity contribution < 1.29 is 9.72 Å². The number of nitrogens with zero attached hydrogens (tertiary/aromatic N) is 2. The molecule has 104 valence electrons. The van der Waals surface area contributed by atoms with Crippen molar-refractivity contribution >= 4 is 34.7 Å². The number of anilines is 1. The van der Waals surface area contributed by atoms with E-state index in [1.165, 1.54) is 41.7 Å². The highest BCUT2D eigenvalue weighted by molar-refractivity contribution is 7.08. The monoisotopic (exact) mass is 299 g/mol. The molecule has 1 heterocycles. The Morgan fingerprint density at radius 1 is 1.33 bits per heavy atom. The number of nitriles is 1. The predicted molar refractivity (Wildman–Crippen MR) is 79.6 cm³/mol. The molecular formula is C14H9N3O3S. The number of nitro benzene ring substituents is 1. The molecule has 2 aromatic rings. The van der Waals surface area contributed by atoms with Gasteiger partial charge in [-0.05, 0) is 40.6 Å². The Bertz CT molecular complexity index is 728. The molecule has 2 rings (SSSR count). The lowest BCUT2D eigenvalue weighted by Crippen LogP contribution is -2.13. The Hall–Kier alpha value is -2.98. The SMILES string of the molecule is N#CC(=Cc1ccsc1)C(=O)Nc1ccc([N+](=O)[O-])cc1. The summed E-state index contributed by atoms with van der Waals surface area (Å²) in [5, 5.41) is 25.7.